The van der Waals surface area contributed by atoms with Gasteiger partial charge in [0.05, 0.1) is 12.2 Å². The van der Waals surface area contributed by atoms with Gasteiger partial charge in [-0.1, -0.05) is 11.6 Å². The highest BCUT2D eigenvalue weighted by Crippen LogP contribution is 2.24. The van der Waals surface area contributed by atoms with E-state index in [0.717, 1.165) is 19.5 Å². The molecule has 1 aliphatic heterocycles. The Morgan fingerprint density at radius 2 is 2.37 bits per heavy atom. The van der Waals surface area contributed by atoms with E-state index in [-0.39, 0.29) is 0 Å². The number of hydrogen-bond donors (Lipinski definition) is 2. The molecule has 1 amide bonds. The van der Waals surface area contributed by atoms with Crippen molar-refractivity contribution in [2.24, 2.45) is 11.7 Å². The van der Waals surface area contributed by atoms with Crippen molar-refractivity contribution in [3.05, 3.63) is 28.8 Å². The molecule has 2 rings (SSSR count). The van der Waals surface area contributed by atoms with Crippen LogP contribution in [0.5, 0.6) is 5.75 Å². The third kappa shape index (κ3) is 4.11. The van der Waals surface area contributed by atoms with Crippen LogP contribution >= 0.6 is 11.6 Å². The lowest BCUT2D eigenvalue weighted by molar-refractivity contribution is 0.0996. The molecule has 3 N–H and O–H groups in total. The highest BCUT2D eigenvalue weighted by molar-refractivity contribution is 6.30. The minimum atomic E-state index is -0.494. The van der Waals surface area contributed by atoms with Gasteiger partial charge in [0.25, 0.3) is 5.91 Å². The Morgan fingerprint density at radius 3 is 3.05 bits per heavy atom. The monoisotopic (exact) mass is 282 g/mol. The number of nitrogens with two attached hydrogens (primary N) is 1. The first-order valence-corrected chi connectivity index (χ1v) is 6.97. The Bertz CT molecular complexity index is 445. The molecular weight excluding hydrogens is 264 g/mol. The van der Waals surface area contributed by atoms with Gasteiger partial charge < -0.3 is 15.8 Å². The van der Waals surface area contributed by atoms with Crippen LogP contribution in [0.15, 0.2) is 18.2 Å². The molecular formula is C14H19ClN2O2. The second-order valence-corrected chi connectivity index (χ2v) is 5.29. The molecule has 1 aliphatic rings. The van der Waals surface area contributed by atoms with Gasteiger partial charge in [-0.2, -0.15) is 0 Å². The zero-order valence-electron chi connectivity index (χ0n) is 10.8. The van der Waals surface area contributed by atoms with E-state index in [9.17, 15) is 4.79 Å². The molecule has 1 unspecified atom stereocenters. The maximum atomic E-state index is 11.3. The van der Waals surface area contributed by atoms with Gasteiger partial charge in [-0.25, -0.2) is 0 Å². The molecule has 0 spiro atoms. The standard InChI is InChI=1S/C14H19ClN2O2/c15-11-3-4-12(14(16)18)13(8-11)19-7-5-10-2-1-6-17-9-10/h3-4,8,10,17H,1-2,5-7,9H2,(H2,16,18). The lowest BCUT2D eigenvalue weighted by Crippen LogP contribution is -2.30. The molecule has 0 saturated carbocycles. The van der Waals surface area contributed by atoms with E-state index in [1.54, 1.807) is 18.2 Å². The fraction of sp³-hybridized carbons (Fsp3) is 0.500. The Labute approximate surface area is 118 Å². The summed E-state index contributed by atoms with van der Waals surface area (Å²) in [5, 5.41) is 3.91. The highest BCUT2D eigenvalue weighted by Gasteiger charge is 2.14. The summed E-state index contributed by atoms with van der Waals surface area (Å²) in [5.41, 5.74) is 5.69. The van der Waals surface area contributed by atoms with Crippen molar-refractivity contribution in [3.8, 4) is 5.75 Å². The van der Waals surface area contributed by atoms with Crippen LogP contribution in [0.2, 0.25) is 5.02 Å². The van der Waals surface area contributed by atoms with Crippen molar-refractivity contribution < 1.29 is 9.53 Å². The van der Waals surface area contributed by atoms with Gasteiger partial charge in [0.15, 0.2) is 0 Å². The topological polar surface area (TPSA) is 64.4 Å². The number of benzene rings is 1. The Balaban J connectivity index is 1.91. The summed E-state index contributed by atoms with van der Waals surface area (Å²) in [6, 6.07) is 4.88. The first-order valence-electron chi connectivity index (χ1n) is 6.59. The Kier molecular flexibility index (Phi) is 5.05. The number of hydrogen-bond acceptors (Lipinski definition) is 3. The van der Waals surface area contributed by atoms with Crippen LogP contribution in [-0.4, -0.2) is 25.6 Å². The summed E-state index contributed by atoms with van der Waals surface area (Å²) in [7, 11) is 0. The van der Waals surface area contributed by atoms with Crippen molar-refractivity contribution in [2.75, 3.05) is 19.7 Å². The van der Waals surface area contributed by atoms with Gasteiger partial charge in [0.1, 0.15) is 5.75 Å². The highest BCUT2D eigenvalue weighted by atomic mass is 35.5. The average Bonchev–Trinajstić information content (AvgIpc) is 2.39. The smallest absolute Gasteiger partial charge is 0.252 e. The van der Waals surface area contributed by atoms with Gasteiger partial charge in [0.2, 0.25) is 0 Å². The number of carbonyl (C=O) groups excluding carboxylic acids is 1. The van der Waals surface area contributed by atoms with Crippen LogP contribution in [0.4, 0.5) is 0 Å². The molecule has 1 aromatic rings. The summed E-state index contributed by atoms with van der Waals surface area (Å²) in [4.78, 5) is 11.3. The number of halogens is 1. The van der Waals surface area contributed by atoms with Gasteiger partial charge in [-0.3, -0.25) is 4.79 Å². The third-order valence-corrected chi connectivity index (χ3v) is 3.63. The molecule has 1 heterocycles. The SMILES string of the molecule is NC(=O)c1ccc(Cl)cc1OCCC1CCCNC1. The van der Waals surface area contributed by atoms with Crippen molar-refractivity contribution >= 4 is 17.5 Å². The summed E-state index contributed by atoms with van der Waals surface area (Å²) in [6.07, 6.45) is 3.42. The van der Waals surface area contributed by atoms with Gasteiger partial charge in [-0.05, 0) is 56.5 Å². The van der Waals surface area contributed by atoms with Crippen LogP contribution in [0.3, 0.4) is 0 Å². The molecule has 104 valence electrons. The van der Waals surface area contributed by atoms with Crippen molar-refractivity contribution in [3.63, 3.8) is 0 Å². The van der Waals surface area contributed by atoms with Crippen LogP contribution < -0.4 is 15.8 Å². The zero-order chi connectivity index (χ0) is 13.7. The molecule has 1 aromatic carbocycles. The Morgan fingerprint density at radius 1 is 1.53 bits per heavy atom. The first kappa shape index (κ1) is 14.2. The lowest BCUT2D eigenvalue weighted by Gasteiger charge is -2.22. The number of piperidine rings is 1. The molecule has 19 heavy (non-hydrogen) atoms. The molecule has 0 aromatic heterocycles. The second-order valence-electron chi connectivity index (χ2n) is 4.85. The van der Waals surface area contributed by atoms with Gasteiger partial charge in [-0.15, -0.1) is 0 Å². The van der Waals surface area contributed by atoms with E-state index in [2.05, 4.69) is 5.32 Å². The fourth-order valence-electron chi connectivity index (χ4n) is 2.33. The molecule has 5 heteroatoms. The van der Waals surface area contributed by atoms with Crippen LogP contribution in [0.25, 0.3) is 0 Å². The summed E-state index contributed by atoms with van der Waals surface area (Å²) in [6.45, 7) is 2.73. The quantitative estimate of drug-likeness (QED) is 0.870. The van der Waals surface area contributed by atoms with Crippen LogP contribution in [0, 0.1) is 5.92 Å². The minimum Gasteiger partial charge on any atom is -0.493 e. The maximum absolute atomic E-state index is 11.3. The molecule has 1 atom stereocenters. The normalized spacial score (nSPS) is 19.1. The number of ether oxygens (including phenoxy) is 1. The van der Waals surface area contributed by atoms with Crippen molar-refractivity contribution in [1.29, 1.82) is 0 Å². The molecule has 0 bridgehead atoms. The summed E-state index contributed by atoms with van der Waals surface area (Å²) >= 11 is 5.91. The Hall–Kier alpha value is -1.26. The van der Waals surface area contributed by atoms with E-state index in [1.165, 1.54) is 12.8 Å². The van der Waals surface area contributed by atoms with Crippen LogP contribution in [-0.2, 0) is 0 Å². The minimum absolute atomic E-state index is 0.381. The predicted molar refractivity (Wildman–Crippen MR) is 75.7 cm³/mol. The molecule has 1 saturated heterocycles. The number of amides is 1. The van der Waals surface area contributed by atoms with Crippen LogP contribution in [0.1, 0.15) is 29.6 Å². The molecule has 0 radical (unpaired) electrons. The molecule has 0 aliphatic carbocycles. The average molecular weight is 283 g/mol. The van der Waals surface area contributed by atoms with Gasteiger partial charge >= 0.3 is 0 Å². The number of rotatable bonds is 5. The van der Waals surface area contributed by atoms with Crippen molar-refractivity contribution in [1.82, 2.24) is 5.32 Å². The largest absolute Gasteiger partial charge is 0.493 e. The van der Waals surface area contributed by atoms with E-state index in [0.29, 0.717) is 28.9 Å². The van der Waals surface area contributed by atoms with E-state index in [1.807, 2.05) is 0 Å². The molecule has 4 nitrogen and oxygen atoms in total. The third-order valence-electron chi connectivity index (χ3n) is 3.39. The molecule has 1 fully saturated rings. The van der Waals surface area contributed by atoms with E-state index >= 15 is 0 Å². The maximum Gasteiger partial charge on any atom is 0.252 e. The van der Waals surface area contributed by atoms with Crippen molar-refractivity contribution in [2.45, 2.75) is 19.3 Å². The van der Waals surface area contributed by atoms with E-state index < -0.39 is 5.91 Å². The number of nitrogens with one attached hydrogen (secondary N) is 1. The predicted octanol–water partition coefficient (Wildman–Crippen LogP) is 2.21. The number of primary amides is 1. The fourth-order valence-corrected chi connectivity index (χ4v) is 2.49. The first-order chi connectivity index (χ1) is 9.16. The van der Waals surface area contributed by atoms with Gasteiger partial charge in [0, 0.05) is 5.02 Å². The second kappa shape index (κ2) is 6.78. The number of carbonyl (C=O) groups is 1. The summed E-state index contributed by atoms with van der Waals surface area (Å²) < 4.78 is 5.67. The van der Waals surface area contributed by atoms with E-state index in [4.69, 9.17) is 22.1 Å². The zero-order valence-corrected chi connectivity index (χ0v) is 11.6. The summed E-state index contributed by atoms with van der Waals surface area (Å²) in [5.74, 6) is 0.625. The lowest BCUT2D eigenvalue weighted by atomic mass is 9.97.